The van der Waals surface area contributed by atoms with Crippen molar-refractivity contribution in [2.75, 3.05) is 20.3 Å². The van der Waals surface area contributed by atoms with Crippen LogP contribution in [0.2, 0.25) is 6.04 Å². The number of methoxy groups -OCH3 is 1. The van der Waals surface area contributed by atoms with E-state index in [0.717, 1.165) is 37.3 Å². The predicted molar refractivity (Wildman–Crippen MR) is 137 cm³/mol. The molecule has 0 atom stereocenters. The van der Waals surface area contributed by atoms with Crippen LogP contribution in [0.3, 0.4) is 0 Å². The van der Waals surface area contributed by atoms with Gasteiger partial charge in [0.05, 0.1) is 13.2 Å². The van der Waals surface area contributed by atoms with Gasteiger partial charge in [0.1, 0.15) is 8.07 Å². The van der Waals surface area contributed by atoms with Gasteiger partial charge in [-0.2, -0.15) is 0 Å². The number of allylic oxidation sites excluding steroid dienone is 1. The molecule has 32 heavy (non-hydrogen) atoms. The van der Waals surface area contributed by atoms with Gasteiger partial charge in [0.15, 0.2) is 0 Å². The molecule has 0 bridgehead atoms. The maximum absolute atomic E-state index is 11.0. The summed E-state index contributed by atoms with van der Waals surface area (Å²) in [4.78, 5) is 11.0. The summed E-state index contributed by atoms with van der Waals surface area (Å²) in [7, 11) is -0.550. The van der Waals surface area contributed by atoms with Gasteiger partial charge in [-0.25, -0.2) is 0 Å². The van der Waals surface area contributed by atoms with E-state index in [2.05, 4.69) is 80.2 Å². The van der Waals surface area contributed by atoms with Crippen LogP contribution in [0.25, 0.3) is 0 Å². The van der Waals surface area contributed by atoms with Gasteiger partial charge in [0.25, 0.3) is 0 Å². The molecule has 0 radical (unpaired) electrons. The first-order valence-electron chi connectivity index (χ1n) is 11.7. The third kappa shape index (κ3) is 7.04. The minimum absolute atomic E-state index is 0.214. The molecule has 0 saturated heterocycles. The van der Waals surface area contributed by atoms with E-state index in [4.69, 9.17) is 9.47 Å². The van der Waals surface area contributed by atoms with E-state index in [-0.39, 0.29) is 5.97 Å². The lowest BCUT2D eigenvalue weighted by Crippen LogP contribution is -2.60. The highest BCUT2D eigenvalue weighted by molar-refractivity contribution is 7.08. The van der Waals surface area contributed by atoms with Gasteiger partial charge in [0.2, 0.25) is 0 Å². The van der Waals surface area contributed by atoms with Crippen LogP contribution in [-0.4, -0.2) is 34.4 Å². The van der Waals surface area contributed by atoms with E-state index in [1.165, 1.54) is 28.9 Å². The molecule has 0 N–H and O–H groups in total. The van der Waals surface area contributed by atoms with Gasteiger partial charge in [-0.3, -0.25) is 4.79 Å². The van der Waals surface area contributed by atoms with Crippen molar-refractivity contribution in [1.29, 1.82) is 0 Å². The average molecular weight is 451 g/mol. The number of rotatable bonds is 14. The first-order valence-corrected chi connectivity index (χ1v) is 13.9. The highest BCUT2D eigenvalue weighted by Gasteiger charge is 2.41. The van der Waals surface area contributed by atoms with Crippen LogP contribution in [0.1, 0.15) is 46.0 Å². The number of benzene rings is 2. The minimum Gasteiger partial charge on any atom is -0.466 e. The molecule has 0 aliphatic carbocycles. The van der Waals surface area contributed by atoms with Crippen molar-refractivity contribution in [3.05, 3.63) is 84.1 Å². The second-order valence-electron chi connectivity index (χ2n) is 8.23. The normalized spacial score (nSPS) is 11.9. The van der Waals surface area contributed by atoms with Crippen LogP contribution in [0.15, 0.2) is 84.1 Å². The van der Waals surface area contributed by atoms with E-state index in [0.29, 0.717) is 13.2 Å². The van der Waals surface area contributed by atoms with Gasteiger partial charge in [0, 0.05) is 14.0 Å². The van der Waals surface area contributed by atoms with E-state index >= 15 is 0 Å². The Balaban J connectivity index is 2.54. The summed E-state index contributed by atoms with van der Waals surface area (Å²) in [5.41, 5.74) is 1.07. The Morgan fingerprint density at radius 2 is 1.56 bits per heavy atom. The van der Waals surface area contributed by atoms with Gasteiger partial charge < -0.3 is 9.47 Å². The summed E-state index contributed by atoms with van der Waals surface area (Å²) in [5, 5.41) is 4.21. The zero-order chi connectivity index (χ0) is 23.2. The molecular formula is C28H38O3Si. The molecule has 3 nitrogen and oxygen atoms in total. The Morgan fingerprint density at radius 3 is 2.06 bits per heavy atom. The van der Waals surface area contributed by atoms with E-state index in [1.807, 2.05) is 0 Å². The third-order valence-corrected chi connectivity index (χ3v) is 11.1. The van der Waals surface area contributed by atoms with Gasteiger partial charge in [-0.1, -0.05) is 93.1 Å². The van der Waals surface area contributed by atoms with E-state index in [1.54, 1.807) is 7.11 Å². The van der Waals surface area contributed by atoms with Gasteiger partial charge in [-0.05, 0) is 46.4 Å². The molecule has 2 aromatic rings. The largest absolute Gasteiger partial charge is 0.466 e. The monoisotopic (exact) mass is 450 g/mol. The molecule has 0 aliphatic rings. The Labute approximate surface area is 195 Å². The summed E-state index contributed by atoms with van der Waals surface area (Å²) in [6, 6.07) is 23.1. The molecular weight excluding hydrogens is 412 g/mol. The van der Waals surface area contributed by atoms with Crippen LogP contribution in [0, 0.1) is 0 Å². The fourth-order valence-electron chi connectivity index (χ4n) is 4.37. The molecule has 172 valence electrons. The number of hydrogen-bond donors (Lipinski definition) is 0. The standard InChI is InChI=1S/C28H38O3Si/c1-5-6-22-32(26-16-10-7-11-17-26,27-18-12-8-13-19-27)28(24(2)23-30-4)20-14-9-15-21-31-25(3)29/h7-8,10-13,16-20H,2,5-6,9,14-15,21-23H2,1,3-4H3/b28-20-. The molecule has 0 saturated carbocycles. The van der Waals surface area contributed by atoms with Crippen LogP contribution in [0.5, 0.6) is 0 Å². The van der Waals surface area contributed by atoms with Crippen molar-refractivity contribution in [3.63, 3.8) is 0 Å². The summed E-state index contributed by atoms with van der Waals surface area (Å²) < 4.78 is 10.7. The Morgan fingerprint density at radius 1 is 0.969 bits per heavy atom. The molecule has 0 amide bonds. The number of ether oxygens (including phenoxy) is 2. The maximum atomic E-state index is 11.0. The summed E-state index contributed by atoms with van der Waals surface area (Å²) in [6.07, 6.45) is 7.48. The van der Waals surface area contributed by atoms with Crippen LogP contribution >= 0.6 is 0 Å². The first kappa shape index (κ1) is 25.8. The summed E-state index contributed by atoms with van der Waals surface area (Å²) in [5.74, 6) is -0.214. The molecule has 0 unspecified atom stereocenters. The number of unbranched alkanes of at least 4 members (excludes halogenated alkanes) is 3. The molecule has 0 aliphatic heterocycles. The maximum Gasteiger partial charge on any atom is 0.302 e. The highest BCUT2D eigenvalue weighted by Crippen LogP contribution is 2.29. The van der Waals surface area contributed by atoms with Gasteiger partial charge >= 0.3 is 5.97 Å². The fraction of sp³-hybridized carbons (Fsp3) is 0.393. The lowest BCUT2D eigenvalue weighted by molar-refractivity contribution is -0.141. The second-order valence-corrected chi connectivity index (χ2v) is 12.2. The number of hydrogen-bond acceptors (Lipinski definition) is 3. The van der Waals surface area contributed by atoms with Crippen molar-refractivity contribution < 1.29 is 14.3 Å². The lowest BCUT2D eigenvalue weighted by atomic mass is 10.2. The zero-order valence-electron chi connectivity index (χ0n) is 19.9. The third-order valence-electron chi connectivity index (χ3n) is 5.85. The number of carbonyl (C=O) groups is 1. The SMILES string of the molecule is C=C(COC)/C(=C/CCCCOC(C)=O)[Si](CCCC)(c1ccccc1)c1ccccc1. The smallest absolute Gasteiger partial charge is 0.302 e. The Hall–Kier alpha value is -2.43. The molecule has 0 fully saturated rings. The summed E-state index contributed by atoms with van der Waals surface area (Å²) in [6.45, 7) is 9.21. The van der Waals surface area contributed by atoms with Crippen molar-refractivity contribution in [2.24, 2.45) is 0 Å². The average Bonchev–Trinajstić information content (AvgIpc) is 2.81. The summed E-state index contributed by atoms with van der Waals surface area (Å²) >= 11 is 0. The first-order chi connectivity index (χ1) is 15.6. The second kappa shape index (κ2) is 13.9. The molecule has 0 heterocycles. The molecule has 0 spiro atoms. The van der Waals surface area contributed by atoms with E-state index < -0.39 is 8.07 Å². The van der Waals surface area contributed by atoms with Crippen molar-refractivity contribution >= 4 is 24.4 Å². The topological polar surface area (TPSA) is 35.5 Å². The molecule has 4 heteroatoms. The van der Waals surface area contributed by atoms with Crippen LogP contribution < -0.4 is 10.4 Å². The van der Waals surface area contributed by atoms with Crippen LogP contribution in [0.4, 0.5) is 0 Å². The molecule has 2 rings (SSSR count). The van der Waals surface area contributed by atoms with E-state index in [9.17, 15) is 4.79 Å². The lowest BCUT2D eigenvalue weighted by Gasteiger charge is -2.37. The Bertz CT molecular complexity index is 819. The zero-order valence-corrected chi connectivity index (χ0v) is 20.9. The Kier molecular flexibility index (Phi) is 11.2. The fourth-order valence-corrected chi connectivity index (χ4v) is 9.75. The highest BCUT2D eigenvalue weighted by atomic mass is 28.3. The van der Waals surface area contributed by atoms with Crippen molar-refractivity contribution in [2.45, 2.75) is 52.0 Å². The molecule has 2 aromatic carbocycles. The number of carbonyl (C=O) groups excluding carboxylic acids is 1. The molecule has 0 aromatic heterocycles. The van der Waals surface area contributed by atoms with Gasteiger partial charge in [-0.15, -0.1) is 0 Å². The van der Waals surface area contributed by atoms with Crippen LogP contribution in [-0.2, 0) is 14.3 Å². The number of esters is 1. The minimum atomic E-state index is -2.29. The predicted octanol–water partition coefficient (Wildman–Crippen LogP) is 5.45. The quantitative estimate of drug-likeness (QED) is 0.166. The van der Waals surface area contributed by atoms with Crippen molar-refractivity contribution in [1.82, 2.24) is 0 Å². The van der Waals surface area contributed by atoms with Crippen molar-refractivity contribution in [3.8, 4) is 0 Å².